The summed E-state index contributed by atoms with van der Waals surface area (Å²) < 4.78 is 0. The molecule has 1 aliphatic heterocycles. The molecule has 5 heteroatoms. The Morgan fingerprint density at radius 1 is 1.23 bits per heavy atom. The minimum absolute atomic E-state index is 0.0934. The molecule has 0 aromatic heterocycles. The zero-order chi connectivity index (χ0) is 15.5. The summed E-state index contributed by atoms with van der Waals surface area (Å²) in [5.74, 6) is 0.169. The summed E-state index contributed by atoms with van der Waals surface area (Å²) in [5.41, 5.74) is 8.29. The molecule has 2 aromatic carbocycles. The maximum absolute atomic E-state index is 12.1. The van der Waals surface area contributed by atoms with Crippen LogP contribution in [0.15, 0.2) is 48.5 Å². The van der Waals surface area contributed by atoms with Crippen LogP contribution in [0.25, 0.3) is 0 Å². The molecule has 1 amide bonds. The van der Waals surface area contributed by atoms with E-state index in [4.69, 9.17) is 17.3 Å². The van der Waals surface area contributed by atoms with Gasteiger partial charge in [-0.15, -0.1) is 0 Å². The number of halogens is 1. The molecule has 0 saturated carbocycles. The highest BCUT2D eigenvalue weighted by Crippen LogP contribution is 2.25. The van der Waals surface area contributed by atoms with Crippen molar-refractivity contribution in [3.05, 3.63) is 59.1 Å². The SMILES string of the molecule is Nc1ccc(N[C@H]2CC(=O)N(Cc3ccccc3)C2)cc1Cl. The van der Waals surface area contributed by atoms with Gasteiger partial charge >= 0.3 is 0 Å². The van der Waals surface area contributed by atoms with Gasteiger partial charge in [0, 0.05) is 25.2 Å². The summed E-state index contributed by atoms with van der Waals surface area (Å²) in [6, 6.07) is 15.6. The van der Waals surface area contributed by atoms with Gasteiger partial charge in [-0.1, -0.05) is 41.9 Å². The lowest BCUT2D eigenvalue weighted by Crippen LogP contribution is -2.27. The number of amides is 1. The van der Waals surface area contributed by atoms with E-state index in [9.17, 15) is 4.79 Å². The number of hydrogen-bond acceptors (Lipinski definition) is 3. The van der Waals surface area contributed by atoms with Gasteiger partial charge in [0.25, 0.3) is 0 Å². The first kappa shape index (κ1) is 14.7. The zero-order valence-corrected chi connectivity index (χ0v) is 12.9. The zero-order valence-electron chi connectivity index (χ0n) is 12.1. The van der Waals surface area contributed by atoms with Crippen LogP contribution in [-0.4, -0.2) is 23.4 Å². The van der Waals surface area contributed by atoms with Gasteiger partial charge in [0.05, 0.1) is 16.8 Å². The molecule has 0 bridgehead atoms. The summed E-state index contributed by atoms with van der Waals surface area (Å²) in [4.78, 5) is 14.0. The maximum Gasteiger partial charge on any atom is 0.225 e. The molecule has 1 atom stereocenters. The maximum atomic E-state index is 12.1. The third-order valence-corrected chi connectivity index (χ3v) is 4.13. The highest BCUT2D eigenvalue weighted by molar-refractivity contribution is 6.33. The Hall–Kier alpha value is -2.20. The van der Waals surface area contributed by atoms with Crippen molar-refractivity contribution in [3.63, 3.8) is 0 Å². The van der Waals surface area contributed by atoms with Crippen LogP contribution in [0, 0.1) is 0 Å². The number of carbonyl (C=O) groups excluding carboxylic acids is 1. The van der Waals surface area contributed by atoms with Gasteiger partial charge in [0.15, 0.2) is 0 Å². The molecule has 1 fully saturated rings. The van der Waals surface area contributed by atoms with E-state index in [-0.39, 0.29) is 11.9 Å². The molecule has 0 radical (unpaired) electrons. The summed E-state index contributed by atoms with van der Waals surface area (Å²) in [6.07, 6.45) is 0.495. The van der Waals surface area contributed by atoms with Crippen LogP contribution in [-0.2, 0) is 11.3 Å². The molecule has 114 valence electrons. The number of nitrogens with zero attached hydrogens (tertiary/aromatic N) is 1. The molecular weight excluding hydrogens is 298 g/mol. The summed E-state index contributed by atoms with van der Waals surface area (Å²) in [5, 5.41) is 3.88. The van der Waals surface area contributed by atoms with Crippen LogP contribution in [0.5, 0.6) is 0 Å². The quantitative estimate of drug-likeness (QED) is 0.852. The molecule has 2 aromatic rings. The topological polar surface area (TPSA) is 58.4 Å². The van der Waals surface area contributed by atoms with Crippen molar-refractivity contribution in [1.82, 2.24) is 4.90 Å². The Balaban J connectivity index is 1.63. The molecular formula is C17H18ClN3O. The first-order chi connectivity index (χ1) is 10.6. The molecule has 3 rings (SSSR count). The molecule has 0 unspecified atom stereocenters. The molecule has 1 aliphatic rings. The van der Waals surface area contributed by atoms with Gasteiger partial charge in [-0.25, -0.2) is 0 Å². The molecule has 1 saturated heterocycles. The molecule has 22 heavy (non-hydrogen) atoms. The minimum atomic E-state index is 0.0934. The third kappa shape index (κ3) is 3.34. The first-order valence-corrected chi connectivity index (χ1v) is 7.63. The van der Waals surface area contributed by atoms with Gasteiger partial charge in [-0.2, -0.15) is 0 Å². The Bertz CT molecular complexity index is 675. The van der Waals surface area contributed by atoms with Gasteiger partial charge < -0.3 is 16.0 Å². The van der Waals surface area contributed by atoms with E-state index >= 15 is 0 Å². The van der Waals surface area contributed by atoms with Gasteiger partial charge in [-0.05, 0) is 23.8 Å². The largest absolute Gasteiger partial charge is 0.398 e. The van der Waals surface area contributed by atoms with Crippen molar-refractivity contribution in [2.45, 2.75) is 19.0 Å². The van der Waals surface area contributed by atoms with E-state index in [1.165, 1.54) is 0 Å². The lowest BCUT2D eigenvalue weighted by atomic mass is 10.2. The van der Waals surface area contributed by atoms with Crippen molar-refractivity contribution in [3.8, 4) is 0 Å². The number of likely N-dealkylation sites (tertiary alicyclic amines) is 1. The van der Waals surface area contributed by atoms with Gasteiger partial charge in [0.1, 0.15) is 0 Å². The molecule has 3 N–H and O–H groups in total. The Morgan fingerprint density at radius 3 is 2.73 bits per heavy atom. The number of nitrogen functional groups attached to an aromatic ring is 1. The molecule has 1 heterocycles. The first-order valence-electron chi connectivity index (χ1n) is 7.25. The third-order valence-electron chi connectivity index (χ3n) is 3.80. The fourth-order valence-corrected chi connectivity index (χ4v) is 2.86. The van der Waals surface area contributed by atoms with Gasteiger partial charge in [0.2, 0.25) is 5.91 Å². The number of hydrogen-bond donors (Lipinski definition) is 2. The highest BCUT2D eigenvalue weighted by atomic mass is 35.5. The second-order valence-corrected chi connectivity index (χ2v) is 5.95. The molecule has 0 spiro atoms. The lowest BCUT2D eigenvalue weighted by Gasteiger charge is -2.18. The van der Waals surface area contributed by atoms with Crippen molar-refractivity contribution in [2.75, 3.05) is 17.6 Å². The second-order valence-electron chi connectivity index (χ2n) is 5.54. The van der Waals surface area contributed by atoms with E-state index in [0.717, 1.165) is 11.3 Å². The molecule has 0 aliphatic carbocycles. The van der Waals surface area contributed by atoms with E-state index in [1.54, 1.807) is 12.1 Å². The molecule has 4 nitrogen and oxygen atoms in total. The standard InChI is InChI=1S/C17H18ClN3O/c18-15-8-13(6-7-16(15)19)20-14-9-17(22)21(11-14)10-12-4-2-1-3-5-12/h1-8,14,20H,9-11,19H2/t14-/m0/s1. The normalized spacial score (nSPS) is 17.8. The minimum Gasteiger partial charge on any atom is -0.398 e. The monoisotopic (exact) mass is 315 g/mol. The fourth-order valence-electron chi connectivity index (χ4n) is 2.68. The predicted octanol–water partition coefficient (Wildman–Crippen LogP) is 3.14. The predicted molar refractivity (Wildman–Crippen MR) is 89.8 cm³/mol. The van der Waals surface area contributed by atoms with Crippen LogP contribution < -0.4 is 11.1 Å². The Kier molecular flexibility index (Phi) is 4.20. The Morgan fingerprint density at radius 2 is 2.00 bits per heavy atom. The van der Waals surface area contributed by atoms with Crippen LogP contribution >= 0.6 is 11.6 Å². The van der Waals surface area contributed by atoms with Crippen molar-refractivity contribution in [2.24, 2.45) is 0 Å². The summed E-state index contributed by atoms with van der Waals surface area (Å²) >= 11 is 6.02. The van der Waals surface area contributed by atoms with Crippen LogP contribution in [0.2, 0.25) is 5.02 Å². The average Bonchev–Trinajstić information content (AvgIpc) is 2.84. The van der Waals surface area contributed by atoms with Crippen molar-refractivity contribution >= 4 is 28.9 Å². The van der Waals surface area contributed by atoms with E-state index in [0.29, 0.717) is 30.2 Å². The number of carbonyl (C=O) groups is 1. The lowest BCUT2D eigenvalue weighted by molar-refractivity contribution is -0.128. The number of benzene rings is 2. The summed E-state index contributed by atoms with van der Waals surface area (Å²) in [6.45, 7) is 1.34. The van der Waals surface area contributed by atoms with Crippen LogP contribution in [0.3, 0.4) is 0 Å². The van der Waals surface area contributed by atoms with Crippen LogP contribution in [0.1, 0.15) is 12.0 Å². The summed E-state index contributed by atoms with van der Waals surface area (Å²) in [7, 11) is 0. The number of nitrogens with two attached hydrogens (primary N) is 1. The number of rotatable bonds is 4. The number of nitrogens with one attached hydrogen (secondary N) is 1. The average molecular weight is 316 g/mol. The van der Waals surface area contributed by atoms with Crippen molar-refractivity contribution in [1.29, 1.82) is 0 Å². The highest BCUT2D eigenvalue weighted by Gasteiger charge is 2.29. The second kappa shape index (κ2) is 6.28. The van der Waals surface area contributed by atoms with Crippen molar-refractivity contribution < 1.29 is 4.79 Å². The van der Waals surface area contributed by atoms with E-state index in [2.05, 4.69) is 5.32 Å². The van der Waals surface area contributed by atoms with E-state index in [1.807, 2.05) is 41.3 Å². The fraction of sp³-hybridized carbons (Fsp3) is 0.235. The number of anilines is 2. The van der Waals surface area contributed by atoms with E-state index < -0.39 is 0 Å². The Labute approximate surface area is 134 Å². The smallest absolute Gasteiger partial charge is 0.225 e. The van der Waals surface area contributed by atoms with Crippen LogP contribution in [0.4, 0.5) is 11.4 Å². The van der Waals surface area contributed by atoms with Gasteiger partial charge in [-0.3, -0.25) is 4.79 Å².